The van der Waals surface area contributed by atoms with Gasteiger partial charge in [-0.3, -0.25) is 14.6 Å². The van der Waals surface area contributed by atoms with Gasteiger partial charge in [0.25, 0.3) is 11.5 Å². The number of alkyl halides is 1. The number of unbranched alkanes of at least 4 members (excludes halogenated alkanes) is 3. The summed E-state index contributed by atoms with van der Waals surface area (Å²) in [5, 5.41) is 51.9. The van der Waals surface area contributed by atoms with Gasteiger partial charge in [-0.1, -0.05) is 26.2 Å². The van der Waals surface area contributed by atoms with E-state index in [0.717, 1.165) is 12.8 Å². The monoisotopic (exact) mass is 450 g/mol. The van der Waals surface area contributed by atoms with E-state index in [0.29, 0.717) is 12.6 Å². The van der Waals surface area contributed by atoms with Gasteiger partial charge in [0.15, 0.2) is 6.30 Å². The van der Waals surface area contributed by atoms with Crippen LogP contribution in [0, 0.1) is 0 Å². The summed E-state index contributed by atoms with van der Waals surface area (Å²) in [4.78, 5) is 37.2. The number of aromatic nitrogens is 2. The molecule has 0 radical (unpaired) electrons. The summed E-state index contributed by atoms with van der Waals surface area (Å²) >= 11 is 0. The lowest BCUT2D eigenvalue weighted by Crippen LogP contribution is -2.70. The number of H-pyrrole nitrogens is 1. The van der Waals surface area contributed by atoms with Crippen molar-refractivity contribution in [2.75, 3.05) is 6.61 Å². The average Bonchev–Trinajstić information content (AvgIpc) is 2.92. The number of aromatic amines is 1. The van der Waals surface area contributed by atoms with Crippen LogP contribution in [-0.4, -0.2) is 77.0 Å². The summed E-state index contributed by atoms with van der Waals surface area (Å²) in [5.41, 5.74) is -1.92. The summed E-state index contributed by atoms with van der Waals surface area (Å²) in [7, 11) is 0. The first kappa shape index (κ1) is 25.1. The third-order valence-electron chi connectivity index (χ3n) is 5.18. The second kappa shape index (κ2) is 9.52. The van der Waals surface area contributed by atoms with Gasteiger partial charge in [-0.2, -0.15) is 0 Å². The van der Waals surface area contributed by atoms with Crippen molar-refractivity contribution in [3.05, 3.63) is 32.6 Å². The molecule has 0 aromatic carbocycles. The zero-order chi connectivity index (χ0) is 23.6. The number of amides is 1. The minimum absolute atomic E-state index is 0.0559. The highest BCUT2D eigenvalue weighted by atomic mass is 19.1. The van der Waals surface area contributed by atoms with Crippen LogP contribution in [0.2, 0.25) is 0 Å². The number of hydrogen-bond donors (Lipinski definition) is 7. The largest absolute Gasteiger partial charge is 0.394 e. The van der Waals surface area contributed by atoms with Crippen molar-refractivity contribution < 1.29 is 39.6 Å². The molecule has 31 heavy (non-hydrogen) atoms. The zero-order valence-corrected chi connectivity index (χ0v) is 16.8. The molecule has 8 N–H and O–H groups in total. The Labute approximate surface area is 175 Å². The number of hydroxylamine groups is 2. The molecule has 1 unspecified atom stereocenters. The van der Waals surface area contributed by atoms with Gasteiger partial charge in [0, 0.05) is 6.20 Å². The lowest BCUT2D eigenvalue weighted by atomic mass is 10.00. The SMILES string of the molecule is CCCCCCC(F)N(O)[C@@]1(O)[C@H](O)[C@@H](CO)O[C@]1(O)n1cc(C(N)=O)c(=O)[nH]c1=O. The van der Waals surface area contributed by atoms with Crippen LogP contribution in [0.3, 0.4) is 0 Å². The number of nitrogens with two attached hydrogens (primary N) is 1. The van der Waals surface area contributed by atoms with Crippen LogP contribution in [0.25, 0.3) is 0 Å². The number of aliphatic hydroxyl groups excluding tert-OH is 2. The molecular weight excluding hydrogens is 423 g/mol. The number of carbonyl (C=O) groups excluding carboxylic acids is 1. The second-order valence-electron chi connectivity index (χ2n) is 7.28. The van der Waals surface area contributed by atoms with Crippen molar-refractivity contribution in [3.8, 4) is 0 Å². The second-order valence-corrected chi connectivity index (χ2v) is 7.28. The molecule has 1 aromatic rings. The van der Waals surface area contributed by atoms with Crippen molar-refractivity contribution in [3.63, 3.8) is 0 Å². The predicted molar refractivity (Wildman–Crippen MR) is 100 cm³/mol. The summed E-state index contributed by atoms with van der Waals surface area (Å²) in [6.07, 6.45) is -3.85. The molecule has 0 aliphatic carbocycles. The molecule has 1 fully saturated rings. The molecule has 0 spiro atoms. The Morgan fingerprint density at radius 1 is 1.39 bits per heavy atom. The number of carbonyl (C=O) groups is 1. The summed E-state index contributed by atoms with van der Waals surface area (Å²) < 4.78 is 19.8. The summed E-state index contributed by atoms with van der Waals surface area (Å²) in [6, 6.07) is 0. The molecule has 1 saturated heterocycles. The Kier molecular flexibility index (Phi) is 7.70. The van der Waals surface area contributed by atoms with Gasteiger partial charge < -0.3 is 36.1 Å². The molecule has 0 bridgehead atoms. The molecule has 176 valence electrons. The number of halogens is 1. The van der Waals surface area contributed by atoms with E-state index < -0.39 is 64.5 Å². The quantitative estimate of drug-likeness (QED) is 0.0871. The third kappa shape index (κ3) is 4.27. The first-order chi connectivity index (χ1) is 14.4. The number of primary amides is 1. The van der Waals surface area contributed by atoms with E-state index in [2.05, 4.69) is 0 Å². The molecule has 14 heteroatoms. The van der Waals surface area contributed by atoms with Crippen molar-refractivity contribution >= 4 is 5.91 Å². The van der Waals surface area contributed by atoms with E-state index in [1.807, 2.05) is 6.92 Å². The summed E-state index contributed by atoms with van der Waals surface area (Å²) in [5.74, 6) is -4.77. The smallest absolute Gasteiger partial charge is 0.332 e. The average molecular weight is 450 g/mol. The first-order valence-corrected chi connectivity index (χ1v) is 9.65. The zero-order valence-electron chi connectivity index (χ0n) is 16.8. The molecule has 13 nitrogen and oxygen atoms in total. The highest BCUT2D eigenvalue weighted by Crippen LogP contribution is 2.44. The van der Waals surface area contributed by atoms with E-state index in [-0.39, 0.29) is 17.4 Å². The van der Waals surface area contributed by atoms with Gasteiger partial charge in [0.2, 0.25) is 5.72 Å². The lowest BCUT2D eigenvalue weighted by Gasteiger charge is -2.43. The van der Waals surface area contributed by atoms with Crippen molar-refractivity contribution in [1.29, 1.82) is 0 Å². The van der Waals surface area contributed by atoms with Crippen molar-refractivity contribution in [2.24, 2.45) is 5.73 Å². The van der Waals surface area contributed by atoms with Crippen molar-refractivity contribution in [1.82, 2.24) is 14.6 Å². The Morgan fingerprint density at radius 3 is 2.58 bits per heavy atom. The van der Waals surface area contributed by atoms with E-state index in [1.54, 1.807) is 4.98 Å². The molecule has 1 amide bonds. The fourth-order valence-electron chi connectivity index (χ4n) is 3.42. The maximum Gasteiger partial charge on any atom is 0.332 e. The van der Waals surface area contributed by atoms with Crippen LogP contribution >= 0.6 is 0 Å². The van der Waals surface area contributed by atoms with Crippen molar-refractivity contribution in [2.45, 2.75) is 69.2 Å². The van der Waals surface area contributed by atoms with Crippen LogP contribution in [0.15, 0.2) is 15.8 Å². The van der Waals surface area contributed by atoms with Gasteiger partial charge >= 0.3 is 11.6 Å². The van der Waals surface area contributed by atoms with Crippen LogP contribution in [0.4, 0.5) is 4.39 Å². The molecule has 5 atom stereocenters. The number of rotatable bonds is 10. The highest BCUT2D eigenvalue weighted by Gasteiger charge is 2.71. The van der Waals surface area contributed by atoms with Gasteiger partial charge in [-0.15, -0.1) is 5.06 Å². The molecule has 1 aliphatic rings. The Morgan fingerprint density at radius 2 is 2.03 bits per heavy atom. The fraction of sp³-hybridized carbons (Fsp3) is 0.706. The van der Waals surface area contributed by atoms with E-state index in [1.165, 1.54) is 0 Å². The fourth-order valence-corrected chi connectivity index (χ4v) is 3.42. The molecular formula is C17H27FN4O9. The van der Waals surface area contributed by atoms with E-state index in [9.17, 15) is 44.4 Å². The highest BCUT2D eigenvalue weighted by molar-refractivity contribution is 5.91. The minimum Gasteiger partial charge on any atom is -0.394 e. The van der Waals surface area contributed by atoms with Crippen LogP contribution < -0.4 is 17.0 Å². The minimum atomic E-state index is -3.45. The number of aliphatic hydroxyl groups is 4. The predicted octanol–water partition coefficient (Wildman–Crippen LogP) is -2.36. The van der Waals surface area contributed by atoms with Gasteiger partial charge in [0.05, 0.1) is 6.61 Å². The third-order valence-corrected chi connectivity index (χ3v) is 5.18. The van der Waals surface area contributed by atoms with Crippen LogP contribution in [0.1, 0.15) is 49.4 Å². The van der Waals surface area contributed by atoms with E-state index >= 15 is 0 Å². The van der Waals surface area contributed by atoms with Gasteiger partial charge in [-0.05, 0) is 12.8 Å². The van der Waals surface area contributed by atoms with Gasteiger partial charge in [0.1, 0.15) is 17.8 Å². The van der Waals surface area contributed by atoms with Crippen LogP contribution in [0.5, 0.6) is 0 Å². The maximum atomic E-state index is 14.7. The lowest BCUT2D eigenvalue weighted by molar-refractivity contribution is -0.428. The molecule has 1 aromatic heterocycles. The maximum absolute atomic E-state index is 14.7. The molecule has 2 rings (SSSR count). The van der Waals surface area contributed by atoms with Crippen LogP contribution in [-0.2, 0) is 10.6 Å². The number of hydrogen-bond acceptors (Lipinski definition) is 10. The number of ether oxygens (including phenoxy) is 1. The number of nitrogens with one attached hydrogen (secondary N) is 1. The molecule has 0 saturated carbocycles. The topological polar surface area (TPSA) is 212 Å². The number of nitrogens with zero attached hydrogens (tertiary/aromatic N) is 2. The van der Waals surface area contributed by atoms with Gasteiger partial charge in [-0.25, -0.2) is 13.8 Å². The van der Waals surface area contributed by atoms with E-state index in [4.69, 9.17) is 10.5 Å². The molecule has 1 aliphatic heterocycles. The summed E-state index contributed by atoms with van der Waals surface area (Å²) in [6.45, 7) is 0.908. The standard InChI is InChI=1S/C17H27FN4O9/c1-2-3-4-5-6-11(18)22(30)16(28)12(24)10(8-23)31-17(16,29)21-7-9(13(19)25)14(26)20-15(21)27/h7,10-12,23-24,28-30H,2-6,8H2,1H3,(H2,19,25)(H,20,26,27)/t10-,11?,12-,16-,17+/m1/s1. The molecule has 2 heterocycles. The normalized spacial score (nSPS) is 29.4. The Balaban J connectivity index is 2.56. The Bertz CT molecular complexity index is 908. The first-order valence-electron chi connectivity index (χ1n) is 9.65. The Hall–Kier alpha value is -2.20.